The van der Waals surface area contributed by atoms with E-state index in [0.717, 1.165) is 38.2 Å². The molecule has 2 heterocycles. The molecule has 1 amide bonds. The highest BCUT2D eigenvalue weighted by Gasteiger charge is 2.23. The summed E-state index contributed by atoms with van der Waals surface area (Å²) in [5, 5.41) is 7.28. The predicted octanol–water partition coefficient (Wildman–Crippen LogP) is -0.0103. The van der Waals surface area contributed by atoms with Gasteiger partial charge in [0.15, 0.2) is 0 Å². The van der Waals surface area contributed by atoms with Gasteiger partial charge in [-0.15, -0.1) is 0 Å². The molecule has 0 spiro atoms. The second-order valence-electron chi connectivity index (χ2n) is 4.65. The lowest BCUT2D eigenvalue weighted by Gasteiger charge is -2.27. The first-order valence-corrected chi connectivity index (χ1v) is 6.47. The van der Waals surface area contributed by atoms with Gasteiger partial charge in [-0.25, -0.2) is 0 Å². The largest absolute Gasteiger partial charge is 0.399 e. The average Bonchev–Trinajstić information content (AvgIpc) is 2.85. The predicted molar refractivity (Wildman–Crippen MR) is 67.5 cm³/mol. The zero-order valence-electron chi connectivity index (χ0n) is 10.9. The van der Waals surface area contributed by atoms with Gasteiger partial charge in [0.1, 0.15) is 7.11 Å². The Morgan fingerprint density at radius 2 is 2.33 bits per heavy atom. The molecule has 6 heteroatoms. The quantitative estimate of drug-likeness (QED) is 0.718. The Morgan fingerprint density at radius 1 is 1.56 bits per heavy atom. The van der Waals surface area contributed by atoms with Gasteiger partial charge in [-0.3, -0.25) is 4.79 Å². The molecule has 0 aromatic carbocycles. The van der Waals surface area contributed by atoms with Gasteiger partial charge in [-0.1, -0.05) is 5.16 Å². The summed E-state index contributed by atoms with van der Waals surface area (Å²) in [7, 11) is 1.56. The van der Waals surface area contributed by atoms with Crippen molar-refractivity contribution in [2.75, 3.05) is 40.0 Å². The zero-order valence-corrected chi connectivity index (χ0v) is 10.9. The number of rotatable bonds is 4. The van der Waals surface area contributed by atoms with Crippen molar-refractivity contribution in [3.63, 3.8) is 0 Å². The van der Waals surface area contributed by atoms with Gasteiger partial charge < -0.3 is 19.8 Å². The summed E-state index contributed by atoms with van der Waals surface area (Å²) in [6.45, 7) is 3.56. The molecule has 102 valence electrons. The Balaban J connectivity index is 1.68. The van der Waals surface area contributed by atoms with E-state index in [2.05, 4.69) is 10.5 Å². The number of ether oxygens (including phenoxy) is 1. The number of carbonyl (C=O) groups is 1. The van der Waals surface area contributed by atoms with E-state index in [4.69, 9.17) is 9.57 Å². The third-order valence-electron chi connectivity index (χ3n) is 3.37. The smallest absolute Gasteiger partial charge is 0.222 e. The van der Waals surface area contributed by atoms with E-state index in [0.29, 0.717) is 25.7 Å². The van der Waals surface area contributed by atoms with Crippen LogP contribution >= 0.6 is 0 Å². The maximum absolute atomic E-state index is 11.9. The van der Waals surface area contributed by atoms with Gasteiger partial charge in [-0.05, 0) is 6.42 Å². The van der Waals surface area contributed by atoms with Crippen molar-refractivity contribution in [1.82, 2.24) is 10.2 Å². The molecule has 6 nitrogen and oxygen atoms in total. The molecule has 0 saturated carbocycles. The van der Waals surface area contributed by atoms with Crippen LogP contribution in [0.3, 0.4) is 0 Å². The van der Waals surface area contributed by atoms with Crippen molar-refractivity contribution in [3.8, 4) is 0 Å². The molecule has 2 aliphatic rings. The van der Waals surface area contributed by atoms with Gasteiger partial charge in [0.05, 0.1) is 18.9 Å². The molecule has 1 atom stereocenters. The van der Waals surface area contributed by atoms with Gasteiger partial charge in [0.25, 0.3) is 0 Å². The lowest BCUT2D eigenvalue weighted by atomic mass is 10.1. The molecule has 0 aromatic heterocycles. The molecule has 18 heavy (non-hydrogen) atoms. The summed E-state index contributed by atoms with van der Waals surface area (Å²) in [4.78, 5) is 18.6. The molecule has 0 aliphatic carbocycles. The fourth-order valence-electron chi connectivity index (χ4n) is 2.36. The molecule has 2 aliphatic heterocycles. The van der Waals surface area contributed by atoms with Crippen molar-refractivity contribution < 1.29 is 14.4 Å². The summed E-state index contributed by atoms with van der Waals surface area (Å²) in [5.74, 6) is 0.234. The SMILES string of the molecule is CO/N=C1\CNC(CCC(=O)N2CCOCC2)C1. The molecule has 1 unspecified atom stereocenters. The number of hydrogen-bond acceptors (Lipinski definition) is 5. The van der Waals surface area contributed by atoms with Crippen LogP contribution in [0.1, 0.15) is 19.3 Å². The molecule has 2 rings (SSSR count). The van der Waals surface area contributed by atoms with E-state index < -0.39 is 0 Å². The minimum atomic E-state index is 0.234. The van der Waals surface area contributed by atoms with E-state index in [1.165, 1.54) is 0 Å². The van der Waals surface area contributed by atoms with Crippen molar-refractivity contribution >= 4 is 11.6 Å². The fraction of sp³-hybridized carbons (Fsp3) is 0.833. The Morgan fingerprint density at radius 3 is 3.06 bits per heavy atom. The van der Waals surface area contributed by atoms with Crippen LogP contribution in [0.5, 0.6) is 0 Å². The monoisotopic (exact) mass is 255 g/mol. The first-order valence-electron chi connectivity index (χ1n) is 6.47. The maximum atomic E-state index is 11.9. The summed E-state index contributed by atoms with van der Waals surface area (Å²) in [6.07, 6.45) is 2.33. The highest BCUT2D eigenvalue weighted by atomic mass is 16.6. The van der Waals surface area contributed by atoms with Crippen molar-refractivity contribution in [1.29, 1.82) is 0 Å². The number of nitrogens with one attached hydrogen (secondary N) is 1. The number of oxime groups is 1. The highest BCUT2D eigenvalue weighted by Crippen LogP contribution is 2.11. The van der Waals surface area contributed by atoms with Crippen LogP contribution in [0.15, 0.2) is 5.16 Å². The molecular formula is C12H21N3O3. The summed E-state index contributed by atoms with van der Waals surface area (Å²) in [5.41, 5.74) is 1.03. The second kappa shape index (κ2) is 6.70. The molecule has 1 N–H and O–H groups in total. The number of carbonyl (C=O) groups excluding carboxylic acids is 1. The van der Waals surface area contributed by atoms with Crippen molar-refractivity contribution in [2.45, 2.75) is 25.3 Å². The minimum absolute atomic E-state index is 0.234. The van der Waals surface area contributed by atoms with Crippen LogP contribution < -0.4 is 5.32 Å². The third kappa shape index (κ3) is 3.68. The van der Waals surface area contributed by atoms with E-state index in [-0.39, 0.29) is 5.91 Å². The van der Waals surface area contributed by atoms with Crippen LogP contribution in [0.2, 0.25) is 0 Å². The zero-order chi connectivity index (χ0) is 12.8. The van der Waals surface area contributed by atoms with Gasteiger partial charge in [0, 0.05) is 38.5 Å². The van der Waals surface area contributed by atoms with Crippen LogP contribution in [0.25, 0.3) is 0 Å². The van der Waals surface area contributed by atoms with E-state index >= 15 is 0 Å². The van der Waals surface area contributed by atoms with Crippen LogP contribution in [-0.2, 0) is 14.4 Å². The standard InChI is InChI=1S/C12H21N3O3/c1-17-14-11-8-10(13-9-11)2-3-12(16)15-4-6-18-7-5-15/h10,13H,2-9H2,1H3/b14-11-. The summed E-state index contributed by atoms with van der Waals surface area (Å²) >= 11 is 0. The topological polar surface area (TPSA) is 63.2 Å². The van der Waals surface area contributed by atoms with E-state index in [1.54, 1.807) is 7.11 Å². The highest BCUT2D eigenvalue weighted by molar-refractivity contribution is 5.88. The lowest BCUT2D eigenvalue weighted by molar-refractivity contribution is -0.135. The molecule has 2 saturated heterocycles. The van der Waals surface area contributed by atoms with Crippen molar-refractivity contribution in [3.05, 3.63) is 0 Å². The van der Waals surface area contributed by atoms with Crippen LogP contribution in [0.4, 0.5) is 0 Å². The number of morpholine rings is 1. The van der Waals surface area contributed by atoms with Crippen LogP contribution in [-0.4, -0.2) is 62.5 Å². The van der Waals surface area contributed by atoms with E-state index in [1.807, 2.05) is 4.90 Å². The Kier molecular flexibility index (Phi) is 4.95. The number of amides is 1. The van der Waals surface area contributed by atoms with E-state index in [9.17, 15) is 4.79 Å². The fourth-order valence-corrected chi connectivity index (χ4v) is 2.36. The number of hydrogen-bond donors (Lipinski definition) is 1. The molecule has 0 aromatic rings. The van der Waals surface area contributed by atoms with Crippen molar-refractivity contribution in [2.24, 2.45) is 5.16 Å². The molecule has 0 bridgehead atoms. The molecular weight excluding hydrogens is 234 g/mol. The maximum Gasteiger partial charge on any atom is 0.222 e. The molecule has 2 fully saturated rings. The van der Waals surface area contributed by atoms with Gasteiger partial charge >= 0.3 is 0 Å². The second-order valence-corrected chi connectivity index (χ2v) is 4.65. The molecule has 0 radical (unpaired) electrons. The average molecular weight is 255 g/mol. The van der Waals surface area contributed by atoms with Crippen LogP contribution in [0, 0.1) is 0 Å². The summed E-state index contributed by atoms with van der Waals surface area (Å²) < 4.78 is 5.23. The normalized spacial score (nSPS) is 26.6. The minimum Gasteiger partial charge on any atom is -0.399 e. The first-order chi connectivity index (χ1) is 8.79. The summed E-state index contributed by atoms with van der Waals surface area (Å²) in [6, 6.07) is 0.351. The third-order valence-corrected chi connectivity index (χ3v) is 3.37. The Labute approximate surface area is 107 Å². The van der Waals surface area contributed by atoms with Gasteiger partial charge in [-0.2, -0.15) is 0 Å². The Bertz CT molecular complexity index is 314. The number of nitrogens with zero attached hydrogens (tertiary/aromatic N) is 2. The Hall–Kier alpha value is -1.14. The first kappa shape index (κ1) is 13.3. The van der Waals surface area contributed by atoms with Gasteiger partial charge in [0.2, 0.25) is 5.91 Å². The lowest BCUT2D eigenvalue weighted by Crippen LogP contribution is -2.41.